The van der Waals surface area contributed by atoms with Crippen molar-refractivity contribution in [1.82, 2.24) is 10.2 Å². The number of ether oxygens (including phenoxy) is 1. The Morgan fingerprint density at radius 1 is 1.71 bits per heavy atom. The van der Waals surface area contributed by atoms with Crippen molar-refractivity contribution in [3.63, 3.8) is 0 Å². The Bertz CT molecular complexity index is 197. The summed E-state index contributed by atoms with van der Waals surface area (Å²) in [6, 6.07) is 0.390. The fraction of sp³-hybridized carbons (Fsp3) is 0.900. The minimum atomic E-state index is -0.301. The molecule has 0 aromatic heterocycles. The quantitative estimate of drug-likeness (QED) is 0.709. The molecule has 2 unspecified atom stereocenters. The van der Waals surface area contributed by atoms with Gasteiger partial charge in [0.1, 0.15) is 6.10 Å². The predicted octanol–water partition coefficient (Wildman–Crippen LogP) is 0.232. The predicted molar refractivity (Wildman–Crippen MR) is 55.1 cm³/mol. The third-order valence-corrected chi connectivity index (χ3v) is 2.44. The van der Waals surface area contributed by atoms with Gasteiger partial charge in [-0.1, -0.05) is 0 Å². The van der Waals surface area contributed by atoms with Crippen LogP contribution in [0.25, 0.3) is 0 Å². The number of carbonyl (C=O) groups is 1. The lowest BCUT2D eigenvalue weighted by Gasteiger charge is -2.33. The minimum absolute atomic E-state index is 0.111. The summed E-state index contributed by atoms with van der Waals surface area (Å²) in [6.45, 7) is 8.87. The van der Waals surface area contributed by atoms with E-state index in [-0.39, 0.29) is 12.0 Å². The molecule has 0 saturated carbocycles. The summed E-state index contributed by atoms with van der Waals surface area (Å²) in [4.78, 5) is 13.7. The van der Waals surface area contributed by atoms with Crippen molar-refractivity contribution in [3.05, 3.63) is 0 Å². The highest BCUT2D eigenvalue weighted by Gasteiger charge is 2.24. The van der Waals surface area contributed by atoms with Gasteiger partial charge in [0, 0.05) is 32.3 Å². The zero-order valence-electron chi connectivity index (χ0n) is 9.25. The van der Waals surface area contributed by atoms with E-state index in [2.05, 4.69) is 12.2 Å². The number of amides is 1. The third kappa shape index (κ3) is 2.96. The third-order valence-electron chi connectivity index (χ3n) is 2.44. The monoisotopic (exact) mass is 200 g/mol. The van der Waals surface area contributed by atoms with Gasteiger partial charge in [-0.2, -0.15) is 0 Å². The van der Waals surface area contributed by atoms with Crippen molar-refractivity contribution in [3.8, 4) is 0 Å². The Balaban J connectivity index is 2.42. The SMILES string of the molecule is CCOC(C)C(=O)N1CCNC(C)C1. The first kappa shape index (κ1) is 11.5. The molecule has 0 bridgehead atoms. The van der Waals surface area contributed by atoms with Crippen LogP contribution in [-0.2, 0) is 9.53 Å². The molecule has 1 rings (SSSR count). The van der Waals surface area contributed by atoms with E-state index in [1.54, 1.807) is 0 Å². The summed E-state index contributed by atoms with van der Waals surface area (Å²) in [5.74, 6) is 0.111. The molecular formula is C10H20N2O2. The van der Waals surface area contributed by atoms with Crippen LogP contribution in [-0.4, -0.2) is 49.2 Å². The van der Waals surface area contributed by atoms with Crippen molar-refractivity contribution >= 4 is 5.91 Å². The van der Waals surface area contributed by atoms with E-state index in [0.29, 0.717) is 12.6 Å². The van der Waals surface area contributed by atoms with Crippen molar-refractivity contribution in [2.75, 3.05) is 26.2 Å². The van der Waals surface area contributed by atoms with Gasteiger partial charge in [0.05, 0.1) is 0 Å². The van der Waals surface area contributed by atoms with Gasteiger partial charge in [-0.05, 0) is 20.8 Å². The molecule has 4 heteroatoms. The van der Waals surface area contributed by atoms with E-state index in [4.69, 9.17) is 4.74 Å². The summed E-state index contributed by atoms with van der Waals surface area (Å²) in [7, 11) is 0. The first-order valence-corrected chi connectivity index (χ1v) is 5.29. The van der Waals surface area contributed by atoms with Crippen molar-refractivity contribution < 1.29 is 9.53 Å². The smallest absolute Gasteiger partial charge is 0.251 e. The fourth-order valence-electron chi connectivity index (χ4n) is 1.71. The van der Waals surface area contributed by atoms with E-state index in [1.807, 2.05) is 18.7 Å². The molecule has 82 valence electrons. The largest absolute Gasteiger partial charge is 0.369 e. The Hall–Kier alpha value is -0.610. The highest BCUT2D eigenvalue weighted by atomic mass is 16.5. The van der Waals surface area contributed by atoms with E-state index in [0.717, 1.165) is 19.6 Å². The number of rotatable bonds is 3. The number of carbonyl (C=O) groups excluding carboxylic acids is 1. The zero-order valence-corrected chi connectivity index (χ0v) is 9.25. The maximum absolute atomic E-state index is 11.8. The maximum Gasteiger partial charge on any atom is 0.251 e. The van der Waals surface area contributed by atoms with Crippen LogP contribution in [0.5, 0.6) is 0 Å². The van der Waals surface area contributed by atoms with Crippen molar-refractivity contribution in [2.24, 2.45) is 0 Å². The first-order chi connectivity index (χ1) is 6.65. The molecule has 1 heterocycles. The number of piperazine rings is 1. The van der Waals surface area contributed by atoms with Crippen molar-refractivity contribution in [2.45, 2.75) is 32.9 Å². The Labute approximate surface area is 85.6 Å². The lowest BCUT2D eigenvalue weighted by molar-refractivity contribution is -0.143. The molecule has 1 amide bonds. The highest BCUT2D eigenvalue weighted by molar-refractivity contribution is 5.80. The van der Waals surface area contributed by atoms with E-state index >= 15 is 0 Å². The van der Waals surface area contributed by atoms with Gasteiger partial charge in [0.2, 0.25) is 0 Å². The lowest BCUT2D eigenvalue weighted by atomic mass is 10.2. The highest BCUT2D eigenvalue weighted by Crippen LogP contribution is 2.03. The van der Waals surface area contributed by atoms with Gasteiger partial charge in [-0.3, -0.25) is 4.79 Å². The molecule has 1 aliphatic rings. The maximum atomic E-state index is 11.8. The molecule has 1 saturated heterocycles. The lowest BCUT2D eigenvalue weighted by Crippen LogP contribution is -2.53. The number of hydrogen-bond acceptors (Lipinski definition) is 3. The number of nitrogens with one attached hydrogen (secondary N) is 1. The Kier molecular flexibility index (Phi) is 4.35. The molecule has 4 nitrogen and oxygen atoms in total. The number of hydrogen-bond donors (Lipinski definition) is 1. The van der Waals surface area contributed by atoms with Crippen LogP contribution in [0.2, 0.25) is 0 Å². The van der Waals surface area contributed by atoms with Crippen LogP contribution in [0.4, 0.5) is 0 Å². The molecule has 0 radical (unpaired) electrons. The molecule has 0 spiro atoms. The number of nitrogens with zero attached hydrogens (tertiary/aromatic N) is 1. The van der Waals surface area contributed by atoms with Crippen LogP contribution >= 0.6 is 0 Å². The van der Waals surface area contributed by atoms with Gasteiger partial charge in [-0.15, -0.1) is 0 Å². The van der Waals surface area contributed by atoms with Gasteiger partial charge in [0.25, 0.3) is 5.91 Å². The van der Waals surface area contributed by atoms with Crippen molar-refractivity contribution in [1.29, 1.82) is 0 Å². The van der Waals surface area contributed by atoms with Crippen LogP contribution in [0, 0.1) is 0 Å². The topological polar surface area (TPSA) is 41.6 Å². The van der Waals surface area contributed by atoms with Crippen LogP contribution < -0.4 is 5.32 Å². The first-order valence-electron chi connectivity index (χ1n) is 5.29. The van der Waals surface area contributed by atoms with E-state index in [1.165, 1.54) is 0 Å². The second-order valence-electron chi connectivity index (χ2n) is 3.74. The molecule has 14 heavy (non-hydrogen) atoms. The minimum Gasteiger partial charge on any atom is -0.369 e. The zero-order chi connectivity index (χ0) is 10.6. The normalized spacial score (nSPS) is 24.8. The average molecular weight is 200 g/mol. The van der Waals surface area contributed by atoms with E-state index in [9.17, 15) is 4.79 Å². The molecule has 2 atom stereocenters. The second-order valence-corrected chi connectivity index (χ2v) is 3.74. The molecule has 0 aromatic rings. The summed E-state index contributed by atoms with van der Waals surface area (Å²) in [6.07, 6.45) is -0.301. The molecule has 1 aliphatic heterocycles. The average Bonchev–Trinajstić information content (AvgIpc) is 2.17. The molecule has 0 aromatic carbocycles. The standard InChI is InChI=1S/C10H20N2O2/c1-4-14-9(3)10(13)12-6-5-11-8(2)7-12/h8-9,11H,4-7H2,1-3H3. The van der Waals surface area contributed by atoms with Crippen LogP contribution in [0.3, 0.4) is 0 Å². The Morgan fingerprint density at radius 2 is 2.43 bits per heavy atom. The molecular weight excluding hydrogens is 180 g/mol. The summed E-state index contributed by atoms with van der Waals surface area (Å²) >= 11 is 0. The fourth-order valence-corrected chi connectivity index (χ4v) is 1.71. The van der Waals surface area contributed by atoms with Crippen LogP contribution in [0.15, 0.2) is 0 Å². The molecule has 1 N–H and O–H groups in total. The summed E-state index contributed by atoms with van der Waals surface area (Å²) in [5.41, 5.74) is 0. The van der Waals surface area contributed by atoms with E-state index < -0.39 is 0 Å². The summed E-state index contributed by atoms with van der Waals surface area (Å²) < 4.78 is 5.28. The Morgan fingerprint density at radius 3 is 3.00 bits per heavy atom. The molecule has 0 aliphatic carbocycles. The van der Waals surface area contributed by atoms with Gasteiger partial charge < -0.3 is 15.0 Å². The van der Waals surface area contributed by atoms with Gasteiger partial charge in [0.15, 0.2) is 0 Å². The molecule has 1 fully saturated rings. The second kappa shape index (κ2) is 5.32. The van der Waals surface area contributed by atoms with Gasteiger partial charge >= 0.3 is 0 Å². The van der Waals surface area contributed by atoms with Gasteiger partial charge in [-0.25, -0.2) is 0 Å². The van der Waals surface area contributed by atoms with Crippen LogP contribution in [0.1, 0.15) is 20.8 Å². The summed E-state index contributed by atoms with van der Waals surface area (Å²) in [5, 5.41) is 3.30.